The molecular weight excluding hydrogens is 340 g/mol. The van der Waals surface area contributed by atoms with Crippen molar-refractivity contribution in [3.63, 3.8) is 0 Å². The number of rotatable bonds is 5. The monoisotopic (exact) mass is 352 g/mol. The summed E-state index contributed by atoms with van der Waals surface area (Å²) >= 11 is 9.25. The minimum absolute atomic E-state index is 0.0345. The smallest absolute Gasteiger partial charge is 0.177 e. The number of benzene rings is 2. The number of carbonyl (C=O) groups excluding carboxylic acids is 1. The van der Waals surface area contributed by atoms with Gasteiger partial charge in [0.2, 0.25) is 0 Å². The third kappa shape index (κ3) is 4.36. The largest absolute Gasteiger partial charge is 0.483 e. The van der Waals surface area contributed by atoms with Crippen LogP contribution in [0.15, 0.2) is 53.0 Å². The van der Waals surface area contributed by atoms with Gasteiger partial charge in [-0.25, -0.2) is 0 Å². The van der Waals surface area contributed by atoms with Crippen molar-refractivity contribution in [2.45, 2.75) is 19.4 Å². The van der Waals surface area contributed by atoms with Gasteiger partial charge in [-0.3, -0.25) is 4.79 Å². The zero-order valence-corrected chi connectivity index (χ0v) is 13.3. The van der Waals surface area contributed by atoms with Gasteiger partial charge in [-0.2, -0.15) is 0 Å². The molecule has 0 aliphatic heterocycles. The van der Waals surface area contributed by atoms with Crippen LogP contribution in [0.4, 0.5) is 0 Å². The minimum Gasteiger partial charge on any atom is -0.483 e. The van der Waals surface area contributed by atoms with Crippen molar-refractivity contribution in [3.05, 3.63) is 63.6 Å². The van der Waals surface area contributed by atoms with Gasteiger partial charge >= 0.3 is 0 Å². The van der Waals surface area contributed by atoms with Crippen LogP contribution in [0.1, 0.15) is 12.5 Å². The molecule has 0 radical (unpaired) electrons. The Morgan fingerprint density at radius 2 is 1.95 bits per heavy atom. The Balaban J connectivity index is 1.96. The molecule has 4 heteroatoms. The van der Waals surface area contributed by atoms with Gasteiger partial charge in [-0.05, 0) is 42.8 Å². The molecule has 1 unspecified atom stereocenters. The Morgan fingerprint density at radius 3 is 2.60 bits per heavy atom. The van der Waals surface area contributed by atoms with E-state index in [9.17, 15) is 4.79 Å². The number of Topliss-reactive ketones (excluding diaryl/α,β-unsaturated/α-hetero) is 1. The minimum atomic E-state index is -0.503. The van der Waals surface area contributed by atoms with Gasteiger partial charge < -0.3 is 4.74 Å². The average molecular weight is 354 g/mol. The molecule has 1 atom stereocenters. The molecule has 0 N–H and O–H groups in total. The Labute approximate surface area is 131 Å². The molecule has 0 spiro atoms. The molecule has 0 aromatic heterocycles. The van der Waals surface area contributed by atoms with E-state index in [-0.39, 0.29) is 5.78 Å². The summed E-state index contributed by atoms with van der Waals surface area (Å²) < 4.78 is 6.61. The zero-order valence-electron chi connectivity index (χ0n) is 11.0. The van der Waals surface area contributed by atoms with E-state index in [0.717, 1.165) is 10.0 Å². The Morgan fingerprint density at radius 1 is 1.25 bits per heavy atom. The predicted octanol–water partition coefficient (Wildman–Crippen LogP) is 4.68. The van der Waals surface area contributed by atoms with Crippen LogP contribution in [0.25, 0.3) is 0 Å². The van der Waals surface area contributed by atoms with Crippen LogP contribution in [0.3, 0.4) is 0 Å². The molecule has 0 bridgehead atoms. The highest BCUT2D eigenvalue weighted by Crippen LogP contribution is 2.19. The van der Waals surface area contributed by atoms with Crippen LogP contribution < -0.4 is 4.74 Å². The van der Waals surface area contributed by atoms with Crippen molar-refractivity contribution < 1.29 is 9.53 Å². The molecule has 2 aromatic carbocycles. The second-order valence-electron chi connectivity index (χ2n) is 4.49. The lowest BCUT2D eigenvalue weighted by Gasteiger charge is -2.14. The van der Waals surface area contributed by atoms with Gasteiger partial charge in [0.15, 0.2) is 11.9 Å². The fourth-order valence-corrected chi connectivity index (χ4v) is 2.20. The molecule has 0 heterocycles. The lowest BCUT2D eigenvalue weighted by molar-refractivity contribution is -0.124. The summed E-state index contributed by atoms with van der Waals surface area (Å²) in [5.41, 5.74) is 0.972. The Hall–Kier alpha value is -1.32. The summed E-state index contributed by atoms with van der Waals surface area (Å²) in [5.74, 6) is 0.640. The first-order valence-electron chi connectivity index (χ1n) is 6.24. The first-order valence-corrected chi connectivity index (χ1v) is 7.41. The molecule has 0 fully saturated rings. The molecule has 0 amide bonds. The molecular formula is C16H14BrClO2. The van der Waals surface area contributed by atoms with Gasteiger partial charge in [0.25, 0.3) is 0 Å². The van der Waals surface area contributed by atoms with Crippen molar-refractivity contribution in [1.29, 1.82) is 0 Å². The van der Waals surface area contributed by atoms with Crippen LogP contribution in [-0.4, -0.2) is 11.9 Å². The average Bonchev–Trinajstić information content (AvgIpc) is 2.41. The summed E-state index contributed by atoms with van der Waals surface area (Å²) in [4.78, 5) is 12.1. The molecule has 20 heavy (non-hydrogen) atoms. The summed E-state index contributed by atoms with van der Waals surface area (Å²) in [6.45, 7) is 1.75. The number of carbonyl (C=O) groups is 1. The molecule has 0 saturated heterocycles. The van der Waals surface area contributed by atoms with E-state index in [1.807, 2.05) is 24.3 Å². The van der Waals surface area contributed by atoms with Gasteiger partial charge in [-0.15, -0.1) is 0 Å². The fraction of sp³-hybridized carbons (Fsp3) is 0.188. The quantitative estimate of drug-likeness (QED) is 0.780. The number of ketones is 1. The highest BCUT2D eigenvalue weighted by atomic mass is 79.9. The number of hydrogen-bond donors (Lipinski definition) is 0. The normalized spacial score (nSPS) is 11.9. The van der Waals surface area contributed by atoms with E-state index < -0.39 is 6.10 Å². The van der Waals surface area contributed by atoms with Crippen LogP contribution in [0.5, 0.6) is 5.75 Å². The number of halogens is 2. The lowest BCUT2D eigenvalue weighted by Crippen LogP contribution is -2.25. The standard InChI is InChI=1S/C16H14BrClO2/c1-11(20-15-4-2-3-14(18)10-15)16(19)9-12-5-7-13(17)8-6-12/h2-8,10-11H,9H2,1H3. The van der Waals surface area contributed by atoms with E-state index in [1.165, 1.54) is 0 Å². The van der Waals surface area contributed by atoms with Crippen molar-refractivity contribution in [1.82, 2.24) is 0 Å². The number of ether oxygens (including phenoxy) is 1. The van der Waals surface area contributed by atoms with Gasteiger partial charge in [0.1, 0.15) is 5.75 Å². The Bertz CT molecular complexity index is 596. The molecule has 2 rings (SSSR count). The summed E-state index contributed by atoms with van der Waals surface area (Å²) in [7, 11) is 0. The van der Waals surface area contributed by atoms with Crippen LogP contribution in [-0.2, 0) is 11.2 Å². The van der Waals surface area contributed by atoms with E-state index in [1.54, 1.807) is 31.2 Å². The van der Waals surface area contributed by atoms with E-state index in [4.69, 9.17) is 16.3 Å². The van der Waals surface area contributed by atoms with Crippen molar-refractivity contribution in [3.8, 4) is 5.75 Å². The summed E-state index contributed by atoms with van der Waals surface area (Å²) in [5, 5.41) is 0.593. The lowest BCUT2D eigenvalue weighted by atomic mass is 10.1. The predicted molar refractivity (Wildman–Crippen MR) is 84.4 cm³/mol. The molecule has 104 valence electrons. The van der Waals surface area contributed by atoms with Gasteiger partial charge in [0, 0.05) is 15.9 Å². The van der Waals surface area contributed by atoms with E-state index in [2.05, 4.69) is 15.9 Å². The molecule has 2 nitrogen and oxygen atoms in total. The maximum atomic E-state index is 12.1. The molecule has 0 aliphatic carbocycles. The maximum Gasteiger partial charge on any atom is 0.177 e. The SMILES string of the molecule is CC(Oc1cccc(Cl)c1)C(=O)Cc1ccc(Br)cc1. The molecule has 0 saturated carbocycles. The van der Waals surface area contributed by atoms with Crippen LogP contribution >= 0.6 is 27.5 Å². The van der Waals surface area contributed by atoms with E-state index >= 15 is 0 Å². The van der Waals surface area contributed by atoms with Crippen LogP contribution in [0, 0.1) is 0 Å². The zero-order chi connectivity index (χ0) is 14.5. The Kier molecular flexibility index (Phi) is 5.21. The third-order valence-electron chi connectivity index (χ3n) is 2.85. The second-order valence-corrected chi connectivity index (χ2v) is 5.84. The van der Waals surface area contributed by atoms with Gasteiger partial charge in [-0.1, -0.05) is 45.7 Å². The summed E-state index contributed by atoms with van der Waals surface area (Å²) in [6.07, 6.45) is -0.147. The first kappa shape index (κ1) is 15.1. The number of hydrogen-bond acceptors (Lipinski definition) is 2. The second kappa shape index (κ2) is 6.91. The topological polar surface area (TPSA) is 26.3 Å². The van der Waals surface area contributed by atoms with Crippen LogP contribution in [0.2, 0.25) is 5.02 Å². The van der Waals surface area contributed by atoms with Crippen molar-refractivity contribution >= 4 is 33.3 Å². The summed E-state index contributed by atoms with van der Waals surface area (Å²) in [6, 6.07) is 14.7. The molecule has 2 aromatic rings. The molecule has 0 aliphatic rings. The fourth-order valence-electron chi connectivity index (χ4n) is 1.76. The first-order chi connectivity index (χ1) is 9.54. The third-order valence-corrected chi connectivity index (χ3v) is 3.62. The highest BCUT2D eigenvalue weighted by Gasteiger charge is 2.15. The van der Waals surface area contributed by atoms with Crippen molar-refractivity contribution in [2.24, 2.45) is 0 Å². The van der Waals surface area contributed by atoms with Crippen molar-refractivity contribution in [2.75, 3.05) is 0 Å². The highest BCUT2D eigenvalue weighted by molar-refractivity contribution is 9.10. The van der Waals surface area contributed by atoms with Gasteiger partial charge in [0.05, 0.1) is 0 Å². The maximum absolute atomic E-state index is 12.1. The van der Waals surface area contributed by atoms with E-state index in [0.29, 0.717) is 17.2 Å².